The second-order valence-electron chi connectivity index (χ2n) is 7.01. The Morgan fingerprint density at radius 3 is 2.55 bits per heavy atom. The highest BCUT2D eigenvalue weighted by atomic mass is 16.3. The molecule has 0 atom stereocenters. The van der Waals surface area contributed by atoms with Crippen LogP contribution in [0.3, 0.4) is 0 Å². The Balaban J connectivity index is 1.88. The fraction of sp³-hybridized carbons (Fsp3) is 0.261. The van der Waals surface area contributed by atoms with Crippen LogP contribution in [0.4, 0.5) is 0 Å². The summed E-state index contributed by atoms with van der Waals surface area (Å²) in [5, 5.41) is 0.950. The number of fused-ring (bicyclic) bond motifs is 2. The molecule has 2 amide bonds. The monoisotopic (exact) mass is 392 g/mol. The molecule has 0 aliphatic carbocycles. The average molecular weight is 392 g/mol. The van der Waals surface area contributed by atoms with Gasteiger partial charge in [-0.1, -0.05) is 37.6 Å². The van der Waals surface area contributed by atoms with Gasteiger partial charge in [0.15, 0.2) is 0 Å². The Kier molecular flexibility index (Phi) is 6.12. The van der Waals surface area contributed by atoms with E-state index in [4.69, 9.17) is 4.42 Å². The molecule has 0 radical (unpaired) electrons. The number of amides is 2. The molecule has 1 heterocycles. The number of hydrogen-bond acceptors (Lipinski definition) is 4. The molecule has 6 nitrogen and oxygen atoms in total. The zero-order valence-corrected chi connectivity index (χ0v) is 16.8. The van der Waals surface area contributed by atoms with Crippen LogP contribution >= 0.6 is 0 Å². The summed E-state index contributed by atoms with van der Waals surface area (Å²) in [6.07, 6.45) is 4.84. The highest BCUT2D eigenvalue weighted by molar-refractivity contribution is 5.95. The zero-order chi connectivity index (χ0) is 21.0. The minimum Gasteiger partial charge on any atom is -0.455 e. The first-order valence-corrected chi connectivity index (χ1v) is 9.62. The molecule has 0 aliphatic rings. The number of hydrazine groups is 1. The largest absolute Gasteiger partial charge is 0.455 e. The van der Waals surface area contributed by atoms with Crippen molar-refractivity contribution in [3.05, 3.63) is 69.4 Å². The number of benzene rings is 2. The molecule has 0 unspecified atom stereocenters. The number of allylic oxidation sites excluding steroid dienone is 1. The Hall–Kier alpha value is -3.41. The zero-order valence-electron chi connectivity index (χ0n) is 16.8. The van der Waals surface area contributed by atoms with Crippen LogP contribution in [-0.2, 0) is 16.0 Å². The summed E-state index contributed by atoms with van der Waals surface area (Å²) in [4.78, 5) is 36.9. The van der Waals surface area contributed by atoms with E-state index in [2.05, 4.69) is 10.9 Å². The van der Waals surface area contributed by atoms with Crippen molar-refractivity contribution in [3.8, 4) is 0 Å². The van der Waals surface area contributed by atoms with Gasteiger partial charge in [0.05, 0.1) is 17.2 Å². The number of carbonyl (C=O) groups excluding carboxylic acids is 2. The Labute approximate surface area is 168 Å². The maximum Gasteiger partial charge on any atom is 0.262 e. The summed E-state index contributed by atoms with van der Waals surface area (Å²) in [6, 6.07) is 8.82. The molecule has 6 heteroatoms. The van der Waals surface area contributed by atoms with Crippen LogP contribution in [0.25, 0.3) is 21.9 Å². The fourth-order valence-corrected chi connectivity index (χ4v) is 3.12. The lowest BCUT2D eigenvalue weighted by molar-refractivity contribution is -0.126. The van der Waals surface area contributed by atoms with E-state index in [1.807, 2.05) is 26.8 Å². The normalized spacial score (nSPS) is 11.3. The highest BCUT2D eigenvalue weighted by Crippen LogP contribution is 2.25. The lowest BCUT2D eigenvalue weighted by Gasteiger charge is -2.10. The van der Waals surface area contributed by atoms with Crippen molar-refractivity contribution in [2.75, 3.05) is 0 Å². The Morgan fingerprint density at radius 1 is 1.03 bits per heavy atom. The molecule has 0 aliphatic heterocycles. The maximum atomic E-state index is 12.9. The number of hydrogen-bond donors (Lipinski definition) is 2. The molecule has 1 aromatic heterocycles. The molecule has 0 fully saturated rings. The van der Waals surface area contributed by atoms with Crippen molar-refractivity contribution in [2.24, 2.45) is 0 Å². The van der Waals surface area contributed by atoms with Crippen LogP contribution in [0.15, 0.2) is 51.7 Å². The van der Waals surface area contributed by atoms with E-state index in [0.717, 1.165) is 24.0 Å². The van der Waals surface area contributed by atoms with Gasteiger partial charge in [-0.2, -0.15) is 0 Å². The third kappa shape index (κ3) is 4.37. The fourth-order valence-electron chi connectivity index (χ4n) is 3.12. The molecule has 2 aromatic carbocycles. The SMILES string of the molecule is CCC/C=C/C(=O)NNC(=O)Cc1cccc2c(=O)c3ccc(C)c(C)c3oc12. The average Bonchev–Trinajstić information content (AvgIpc) is 2.70. The van der Waals surface area contributed by atoms with Crippen LogP contribution in [0.2, 0.25) is 0 Å². The molecule has 2 N–H and O–H groups in total. The second-order valence-corrected chi connectivity index (χ2v) is 7.01. The molecule has 0 spiro atoms. The summed E-state index contributed by atoms with van der Waals surface area (Å²) in [5.41, 5.74) is 8.03. The first-order valence-electron chi connectivity index (χ1n) is 9.62. The predicted octanol–water partition coefficient (Wildman–Crippen LogP) is 3.61. The third-order valence-electron chi connectivity index (χ3n) is 4.87. The van der Waals surface area contributed by atoms with Gasteiger partial charge in [-0.05, 0) is 43.5 Å². The van der Waals surface area contributed by atoms with Crippen molar-refractivity contribution in [1.82, 2.24) is 10.9 Å². The highest BCUT2D eigenvalue weighted by Gasteiger charge is 2.15. The summed E-state index contributed by atoms with van der Waals surface area (Å²) in [7, 11) is 0. The molecular weight excluding hydrogens is 368 g/mol. The van der Waals surface area contributed by atoms with Crippen molar-refractivity contribution >= 4 is 33.8 Å². The van der Waals surface area contributed by atoms with Crippen LogP contribution in [0.5, 0.6) is 0 Å². The van der Waals surface area contributed by atoms with Gasteiger partial charge >= 0.3 is 0 Å². The van der Waals surface area contributed by atoms with Crippen LogP contribution in [0, 0.1) is 13.8 Å². The Bertz CT molecular complexity index is 1170. The van der Waals surface area contributed by atoms with Gasteiger partial charge in [0.1, 0.15) is 11.2 Å². The van der Waals surface area contributed by atoms with Crippen LogP contribution in [0.1, 0.15) is 36.5 Å². The van der Waals surface area contributed by atoms with Crippen LogP contribution < -0.4 is 16.3 Å². The van der Waals surface area contributed by atoms with E-state index >= 15 is 0 Å². The van der Waals surface area contributed by atoms with Gasteiger partial charge in [0.2, 0.25) is 11.3 Å². The number of carbonyl (C=O) groups is 2. The van der Waals surface area contributed by atoms with Gasteiger partial charge in [-0.25, -0.2) is 0 Å². The summed E-state index contributed by atoms with van der Waals surface area (Å²) in [6.45, 7) is 5.87. The summed E-state index contributed by atoms with van der Waals surface area (Å²) >= 11 is 0. The van der Waals surface area contributed by atoms with Gasteiger partial charge in [0, 0.05) is 11.6 Å². The van der Waals surface area contributed by atoms with Crippen molar-refractivity contribution < 1.29 is 14.0 Å². The van der Waals surface area contributed by atoms with Crippen molar-refractivity contribution in [3.63, 3.8) is 0 Å². The maximum absolute atomic E-state index is 12.9. The van der Waals surface area contributed by atoms with E-state index < -0.39 is 11.8 Å². The molecule has 150 valence electrons. The number of unbranched alkanes of at least 4 members (excludes halogenated alkanes) is 1. The molecule has 0 saturated carbocycles. The van der Waals surface area contributed by atoms with E-state index in [-0.39, 0.29) is 11.8 Å². The van der Waals surface area contributed by atoms with E-state index in [1.54, 1.807) is 30.3 Å². The predicted molar refractivity (Wildman–Crippen MR) is 114 cm³/mol. The quantitative estimate of drug-likeness (QED) is 0.394. The van der Waals surface area contributed by atoms with Gasteiger partial charge in [-0.15, -0.1) is 0 Å². The molecule has 0 saturated heterocycles. The van der Waals surface area contributed by atoms with Crippen molar-refractivity contribution in [1.29, 1.82) is 0 Å². The number of para-hydroxylation sites is 1. The summed E-state index contributed by atoms with van der Waals surface area (Å²) in [5.74, 6) is -0.799. The van der Waals surface area contributed by atoms with Crippen molar-refractivity contribution in [2.45, 2.75) is 40.0 Å². The summed E-state index contributed by atoms with van der Waals surface area (Å²) < 4.78 is 6.08. The van der Waals surface area contributed by atoms with Crippen LogP contribution in [-0.4, -0.2) is 11.8 Å². The molecule has 29 heavy (non-hydrogen) atoms. The molecule has 3 aromatic rings. The smallest absolute Gasteiger partial charge is 0.262 e. The first kappa shape index (κ1) is 20.3. The standard InChI is InChI=1S/C23H24N2O4/c1-4-5-6-10-19(26)24-25-20(27)13-16-8-7-9-17-21(28)18-12-11-14(2)15(3)22(18)29-23(16)17/h6-12H,4-5,13H2,1-3H3,(H,24,26)(H,25,27)/b10-6+. The third-order valence-corrected chi connectivity index (χ3v) is 4.87. The first-order chi connectivity index (χ1) is 13.9. The second kappa shape index (κ2) is 8.73. The molecule has 0 bridgehead atoms. The van der Waals surface area contributed by atoms with E-state index in [0.29, 0.717) is 27.5 Å². The number of rotatable bonds is 5. The minimum atomic E-state index is -0.404. The van der Waals surface area contributed by atoms with Gasteiger partial charge in [-0.3, -0.25) is 25.2 Å². The van der Waals surface area contributed by atoms with E-state index in [9.17, 15) is 14.4 Å². The van der Waals surface area contributed by atoms with Gasteiger partial charge in [0.25, 0.3) is 5.91 Å². The number of aryl methyl sites for hydroxylation is 2. The van der Waals surface area contributed by atoms with E-state index in [1.165, 1.54) is 6.08 Å². The molecule has 3 rings (SSSR count). The molecular formula is C23H24N2O4. The minimum absolute atomic E-state index is 0.0321. The Morgan fingerprint density at radius 2 is 1.79 bits per heavy atom. The lowest BCUT2D eigenvalue weighted by atomic mass is 10.0. The number of nitrogens with one attached hydrogen (secondary N) is 2. The lowest BCUT2D eigenvalue weighted by Crippen LogP contribution is -2.41. The van der Waals surface area contributed by atoms with Gasteiger partial charge < -0.3 is 4.42 Å². The topological polar surface area (TPSA) is 88.4 Å².